The molecule has 2 rings (SSSR count). The number of aryl methyl sites for hydroxylation is 2. The molecule has 1 unspecified atom stereocenters. The molecular weight excluding hydrogens is 224 g/mol. The summed E-state index contributed by atoms with van der Waals surface area (Å²) in [5.74, 6) is 0.949. The van der Waals surface area contributed by atoms with E-state index < -0.39 is 6.10 Å². The normalized spacial score (nSPS) is 12.6. The van der Waals surface area contributed by atoms with Gasteiger partial charge in [-0.15, -0.1) is 0 Å². The van der Waals surface area contributed by atoms with Crippen molar-refractivity contribution < 1.29 is 5.11 Å². The third kappa shape index (κ3) is 2.99. The van der Waals surface area contributed by atoms with Crippen LogP contribution in [0.1, 0.15) is 36.4 Å². The van der Waals surface area contributed by atoms with Crippen LogP contribution in [-0.4, -0.2) is 14.7 Å². The summed E-state index contributed by atoms with van der Waals surface area (Å²) in [6.07, 6.45) is 4.93. The molecule has 0 amide bonds. The van der Waals surface area contributed by atoms with Gasteiger partial charge in [-0.2, -0.15) is 0 Å². The van der Waals surface area contributed by atoms with Gasteiger partial charge in [0.15, 0.2) is 0 Å². The maximum Gasteiger partial charge on any atom is 0.111 e. The molecule has 0 radical (unpaired) electrons. The molecule has 0 saturated carbocycles. The summed E-state index contributed by atoms with van der Waals surface area (Å²) in [5.41, 5.74) is 2.16. The van der Waals surface area contributed by atoms with Crippen LogP contribution in [0.4, 0.5) is 0 Å². The highest BCUT2D eigenvalue weighted by Crippen LogP contribution is 2.18. The zero-order valence-electron chi connectivity index (χ0n) is 11.0. The molecule has 1 aromatic heterocycles. The fourth-order valence-corrected chi connectivity index (χ4v) is 2.05. The highest BCUT2D eigenvalue weighted by Gasteiger charge is 2.11. The van der Waals surface area contributed by atoms with Gasteiger partial charge in [0.2, 0.25) is 0 Å². The van der Waals surface area contributed by atoms with Crippen molar-refractivity contribution >= 4 is 0 Å². The summed E-state index contributed by atoms with van der Waals surface area (Å²) in [7, 11) is 0. The largest absolute Gasteiger partial charge is 0.388 e. The Bertz CT molecular complexity index is 487. The van der Waals surface area contributed by atoms with Crippen molar-refractivity contribution in [2.45, 2.75) is 39.3 Å². The highest BCUT2D eigenvalue weighted by atomic mass is 16.3. The predicted molar refractivity (Wildman–Crippen MR) is 72.4 cm³/mol. The van der Waals surface area contributed by atoms with Crippen molar-refractivity contribution in [3.8, 4) is 0 Å². The van der Waals surface area contributed by atoms with E-state index in [0.29, 0.717) is 6.42 Å². The molecule has 1 atom stereocenters. The maximum atomic E-state index is 10.2. The van der Waals surface area contributed by atoms with Crippen LogP contribution < -0.4 is 0 Å². The zero-order valence-corrected chi connectivity index (χ0v) is 11.0. The molecule has 0 aliphatic carbocycles. The quantitative estimate of drug-likeness (QED) is 0.878. The third-order valence-corrected chi connectivity index (χ3v) is 3.10. The molecule has 2 aromatic rings. The summed E-state index contributed by atoms with van der Waals surface area (Å²) >= 11 is 0. The molecule has 3 nitrogen and oxygen atoms in total. The predicted octanol–water partition coefficient (Wildman–Crippen LogP) is 2.88. The van der Waals surface area contributed by atoms with Crippen molar-refractivity contribution in [1.82, 2.24) is 9.55 Å². The lowest BCUT2D eigenvalue weighted by Gasteiger charge is -2.12. The molecule has 1 heterocycles. The van der Waals surface area contributed by atoms with E-state index in [0.717, 1.165) is 24.4 Å². The second-order valence-corrected chi connectivity index (χ2v) is 4.67. The first-order chi connectivity index (χ1) is 8.70. The average molecular weight is 244 g/mol. The van der Waals surface area contributed by atoms with Gasteiger partial charge in [0.1, 0.15) is 5.82 Å². The molecule has 1 aromatic carbocycles. The number of hydrogen-bond donors (Lipinski definition) is 1. The highest BCUT2D eigenvalue weighted by molar-refractivity contribution is 5.23. The van der Waals surface area contributed by atoms with E-state index in [1.807, 2.05) is 37.4 Å². The SMILES string of the molecule is CCCn1ccnc1CC(O)c1ccc(C)cc1. The van der Waals surface area contributed by atoms with Crippen LogP contribution in [0.2, 0.25) is 0 Å². The monoisotopic (exact) mass is 244 g/mol. The van der Waals surface area contributed by atoms with E-state index in [1.165, 1.54) is 5.56 Å². The maximum absolute atomic E-state index is 10.2. The van der Waals surface area contributed by atoms with Gasteiger partial charge >= 0.3 is 0 Å². The van der Waals surface area contributed by atoms with Crippen molar-refractivity contribution in [3.05, 3.63) is 53.6 Å². The Morgan fingerprint density at radius 2 is 2.00 bits per heavy atom. The number of hydrogen-bond acceptors (Lipinski definition) is 2. The molecule has 1 N–H and O–H groups in total. The Hall–Kier alpha value is -1.61. The van der Waals surface area contributed by atoms with Crippen molar-refractivity contribution in [2.24, 2.45) is 0 Å². The Labute approximate surface area is 108 Å². The fourth-order valence-electron chi connectivity index (χ4n) is 2.05. The first-order valence-electron chi connectivity index (χ1n) is 6.45. The van der Waals surface area contributed by atoms with E-state index in [9.17, 15) is 5.11 Å². The first-order valence-corrected chi connectivity index (χ1v) is 6.45. The molecule has 96 valence electrons. The van der Waals surface area contributed by atoms with Crippen LogP contribution in [0.3, 0.4) is 0 Å². The van der Waals surface area contributed by atoms with Gasteiger partial charge in [0, 0.05) is 25.4 Å². The van der Waals surface area contributed by atoms with Gasteiger partial charge in [-0.25, -0.2) is 4.98 Å². The Kier molecular flexibility index (Phi) is 4.15. The lowest BCUT2D eigenvalue weighted by molar-refractivity contribution is 0.174. The Morgan fingerprint density at radius 3 is 2.67 bits per heavy atom. The van der Waals surface area contributed by atoms with Gasteiger partial charge in [0.25, 0.3) is 0 Å². The fraction of sp³-hybridized carbons (Fsp3) is 0.400. The first kappa shape index (κ1) is 12.8. The second kappa shape index (κ2) is 5.83. The van der Waals surface area contributed by atoms with Gasteiger partial charge in [-0.3, -0.25) is 0 Å². The smallest absolute Gasteiger partial charge is 0.111 e. The standard InChI is InChI=1S/C15H20N2O/c1-3-9-17-10-8-16-15(17)11-14(18)13-6-4-12(2)5-7-13/h4-8,10,14,18H,3,9,11H2,1-2H3. The molecule has 0 aliphatic rings. The molecular formula is C15H20N2O. The molecule has 0 aliphatic heterocycles. The summed E-state index contributed by atoms with van der Waals surface area (Å²) in [5, 5.41) is 10.2. The molecule has 18 heavy (non-hydrogen) atoms. The van der Waals surface area contributed by atoms with Gasteiger partial charge in [-0.1, -0.05) is 36.8 Å². The third-order valence-electron chi connectivity index (χ3n) is 3.10. The van der Waals surface area contributed by atoms with E-state index in [1.54, 1.807) is 6.20 Å². The van der Waals surface area contributed by atoms with E-state index >= 15 is 0 Å². The number of rotatable bonds is 5. The molecule has 0 fully saturated rings. The number of nitrogens with zero attached hydrogens (tertiary/aromatic N) is 2. The minimum atomic E-state index is -0.483. The zero-order chi connectivity index (χ0) is 13.0. The summed E-state index contributed by atoms with van der Waals surface area (Å²) < 4.78 is 2.11. The van der Waals surface area contributed by atoms with Gasteiger partial charge < -0.3 is 9.67 Å². The topological polar surface area (TPSA) is 38.0 Å². The average Bonchev–Trinajstić information content (AvgIpc) is 2.78. The second-order valence-electron chi connectivity index (χ2n) is 4.67. The molecule has 0 bridgehead atoms. The van der Waals surface area contributed by atoms with Crippen molar-refractivity contribution in [1.29, 1.82) is 0 Å². The van der Waals surface area contributed by atoms with Crippen LogP contribution in [0.5, 0.6) is 0 Å². The molecule has 3 heteroatoms. The van der Waals surface area contributed by atoms with E-state index in [4.69, 9.17) is 0 Å². The number of aromatic nitrogens is 2. The lowest BCUT2D eigenvalue weighted by atomic mass is 10.0. The number of imidazole rings is 1. The minimum Gasteiger partial charge on any atom is -0.388 e. The van der Waals surface area contributed by atoms with Gasteiger partial charge in [-0.05, 0) is 18.9 Å². The number of benzene rings is 1. The van der Waals surface area contributed by atoms with Gasteiger partial charge in [0.05, 0.1) is 6.10 Å². The van der Waals surface area contributed by atoms with Crippen molar-refractivity contribution in [3.63, 3.8) is 0 Å². The molecule has 0 saturated heterocycles. The summed E-state index contributed by atoms with van der Waals surface area (Å²) in [6.45, 7) is 5.14. The van der Waals surface area contributed by atoms with Crippen LogP contribution in [0.25, 0.3) is 0 Å². The summed E-state index contributed by atoms with van der Waals surface area (Å²) in [4.78, 5) is 4.32. The van der Waals surface area contributed by atoms with E-state index in [-0.39, 0.29) is 0 Å². The van der Waals surface area contributed by atoms with Crippen LogP contribution in [0, 0.1) is 6.92 Å². The van der Waals surface area contributed by atoms with Crippen LogP contribution in [-0.2, 0) is 13.0 Å². The van der Waals surface area contributed by atoms with Crippen LogP contribution in [0.15, 0.2) is 36.7 Å². The van der Waals surface area contributed by atoms with Crippen molar-refractivity contribution in [2.75, 3.05) is 0 Å². The lowest BCUT2D eigenvalue weighted by Crippen LogP contribution is -2.08. The van der Waals surface area contributed by atoms with Crippen LogP contribution >= 0.6 is 0 Å². The summed E-state index contributed by atoms with van der Waals surface area (Å²) in [6, 6.07) is 8.01. The molecule has 0 spiro atoms. The Balaban J connectivity index is 2.08. The number of aliphatic hydroxyl groups excluding tert-OH is 1. The number of aliphatic hydroxyl groups is 1. The van der Waals surface area contributed by atoms with E-state index in [2.05, 4.69) is 16.5 Å². The minimum absolute atomic E-state index is 0.483. The Morgan fingerprint density at radius 1 is 1.28 bits per heavy atom.